The highest BCUT2D eigenvalue weighted by Crippen LogP contribution is 2.27. The highest BCUT2D eigenvalue weighted by atomic mass is 32.1. The summed E-state index contributed by atoms with van der Waals surface area (Å²) in [6.45, 7) is 4.47. The van der Waals surface area contributed by atoms with Crippen LogP contribution in [0.15, 0.2) is 30.5 Å². The van der Waals surface area contributed by atoms with Gasteiger partial charge in [0.2, 0.25) is 0 Å². The van der Waals surface area contributed by atoms with E-state index >= 15 is 0 Å². The Balaban J connectivity index is 2.27. The predicted molar refractivity (Wildman–Crippen MR) is 86.7 cm³/mol. The van der Waals surface area contributed by atoms with Gasteiger partial charge in [0.05, 0.1) is 22.7 Å². The van der Waals surface area contributed by atoms with Crippen LogP contribution in [0.4, 0.5) is 0 Å². The van der Waals surface area contributed by atoms with Crippen molar-refractivity contribution in [3.63, 3.8) is 0 Å². The molecule has 4 heteroatoms. The molecule has 0 fully saturated rings. The molecule has 0 saturated heterocycles. The van der Waals surface area contributed by atoms with Gasteiger partial charge in [0.15, 0.2) is 4.77 Å². The lowest BCUT2D eigenvalue weighted by molar-refractivity contribution is 0.492. The van der Waals surface area contributed by atoms with Gasteiger partial charge in [-0.2, -0.15) is 0 Å². The fraction of sp³-hybridized carbons (Fsp3) is 0.375. The van der Waals surface area contributed by atoms with Crippen molar-refractivity contribution >= 4 is 34.2 Å². The van der Waals surface area contributed by atoms with Gasteiger partial charge in [-0.25, -0.2) is 0 Å². The third kappa shape index (κ3) is 2.14. The molecule has 1 atom stereocenters. The standard InChI is InChI=1S/C16H19N3S/c1-3-4-7-11(2)19-15-12-8-5-6-9-13(12)17-10-14(15)18-16(19)20/h5-6,8-11H,3-4,7H2,1-2H3,(H,18,20). The zero-order valence-corrected chi connectivity index (χ0v) is 12.7. The van der Waals surface area contributed by atoms with Gasteiger partial charge in [0, 0.05) is 11.4 Å². The van der Waals surface area contributed by atoms with Gasteiger partial charge in [-0.15, -0.1) is 0 Å². The van der Waals surface area contributed by atoms with Gasteiger partial charge in [-0.05, 0) is 31.6 Å². The van der Waals surface area contributed by atoms with Crippen molar-refractivity contribution in [1.29, 1.82) is 0 Å². The van der Waals surface area contributed by atoms with Crippen LogP contribution in [0.1, 0.15) is 39.2 Å². The van der Waals surface area contributed by atoms with Crippen molar-refractivity contribution in [3.05, 3.63) is 35.2 Å². The zero-order valence-electron chi connectivity index (χ0n) is 11.9. The molecule has 3 rings (SSSR count). The van der Waals surface area contributed by atoms with E-state index in [2.05, 4.69) is 40.5 Å². The molecule has 0 spiro atoms. The summed E-state index contributed by atoms with van der Waals surface area (Å²) in [6, 6.07) is 8.65. The normalized spacial score (nSPS) is 13.1. The molecule has 1 aromatic carbocycles. The van der Waals surface area contributed by atoms with Crippen molar-refractivity contribution in [1.82, 2.24) is 14.5 Å². The summed E-state index contributed by atoms with van der Waals surface area (Å²) < 4.78 is 3.05. The van der Waals surface area contributed by atoms with Gasteiger partial charge in [0.1, 0.15) is 0 Å². The number of hydrogen-bond acceptors (Lipinski definition) is 2. The van der Waals surface area contributed by atoms with E-state index in [-0.39, 0.29) is 0 Å². The zero-order chi connectivity index (χ0) is 14.1. The van der Waals surface area contributed by atoms with Crippen LogP contribution in [0.2, 0.25) is 0 Å². The average Bonchev–Trinajstić information content (AvgIpc) is 2.81. The molecular formula is C16H19N3S. The lowest BCUT2D eigenvalue weighted by Gasteiger charge is -2.15. The number of nitrogens with zero attached hydrogens (tertiary/aromatic N) is 2. The van der Waals surface area contributed by atoms with E-state index in [9.17, 15) is 0 Å². The third-order valence-corrected chi connectivity index (χ3v) is 4.16. The van der Waals surface area contributed by atoms with Gasteiger partial charge in [0.25, 0.3) is 0 Å². The quantitative estimate of drug-likeness (QED) is 0.684. The first-order valence-corrected chi connectivity index (χ1v) is 7.61. The molecule has 104 valence electrons. The van der Waals surface area contributed by atoms with Crippen LogP contribution in [0.3, 0.4) is 0 Å². The number of nitrogens with one attached hydrogen (secondary N) is 1. The molecule has 1 unspecified atom stereocenters. The van der Waals surface area contributed by atoms with E-state index in [0.717, 1.165) is 22.2 Å². The van der Waals surface area contributed by atoms with Crippen molar-refractivity contribution in [3.8, 4) is 0 Å². The SMILES string of the molecule is CCCCC(C)n1c(=S)[nH]c2cnc3ccccc3c21. The molecule has 0 aliphatic rings. The number of imidazole rings is 1. The molecule has 3 nitrogen and oxygen atoms in total. The van der Waals surface area contributed by atoms with Crippen LogP contribution in [0.25, 0.3) is 21.9 Å². The minimum absolute atomic E-state index is 0.405. The van der Waals surface area contributed by atoms with Crippen LogP contribution in [0, 0.1) is 4.77 Å². The Morgan fingerprint density at radius 2 is 2.15 bits per heavy atom. The lowest BCUT2D eigenvalue weighted by Crippen LogP contribution is -2.05. The number of H-pyrrole nitrogens is 1. The Kier molecular flexibility index (Phi) is 3.57. The van der Waals surface area contributed by atoms with Gasteiger partial charge >= 0.3 is 0 Å². The molecule has 0 amide bonds. The Morgan fingerprint density at radius 1 is 1.35 bits per heavy atom. The second-order valence-electron chi connectivity index (χ2n) is 5.33. The van der Waals surface area contributed by atoms with E-state index in [1.54, 1.807) is 0 Å². The number of pyridine rings is 1. The minimum Gasteiger partial charge on any atom is -0.329 e. The summed E-state index contributed by atoms with van der Waals surface area (Å²) in [7, 11) is 0. The summed E-state index contributed by atoms with van der Waals surface area (Å²) in [5, 5.41) is 1.17. The lowest BCUT2D eigenvalue weighted by atomic mass is 10.1. The largest absolute Gasteiger partial charge is 0.329 e. The van der Waals surface area contributed by atoms with Crippen molar-refractivity contribution in [2.24, 2.45) is 0 Å². The number of benzene rings is 1. The molecule has 0 bridgehead atoms. The van der Waals surface area contributed by atoms with Crippen molar-refractivity contribution in [2.45, 2.75) is 39.2 Å². The molecule has 0 aliphatic carbocycles. The molecule has 2 heterocycles. The highest BCUT2D eigenvalue weighted by Gasteiger charge is 2.13. The average molecular weight is 285 g/mol. The first-order chi connectivity index (χ1) is 9.72. The molecule has 0 saturated carbocycles. The first-order valence-electron chi connectivity index (χ1n) is 7.20. The smallest absolute Gasteiger partial charge is 0.178 e. The van der Waals surface area contributed by atoms with Crippen molar-refractivity contribution in [2.75, 3.05) is 0 Å². The summed E-state index contributed by atoms with van der Waals surface area (Å²) >= 11 is 5.52. The molecule has 1 N–H and O–H groups in total. The van der Waals surface area contributed by atoms with Gasteiger partial charge < -0.3 is 9.55 Å². The van der Waals surface area contributed by atoms with E-state index in [0.29, 0.717) is 6.04 Å². The second kappa shape index (κ2) is 5.37. The Hall–Kier alpha value is -1.68. The fourth-order valence-corrected chi connectivity index (χ4v) is 3.19. The number of para-hydroxylation sites is 1. The molecule has 3 aromatic rings. The summed E-state index contributed by atoms with van der Waals surface area (Å²) in [5.74, 6) is 0. The molecule has 20 heavy (non-hydrogen) atoms. The highest BCUT2D eigenvalue weighted by molar-refractivity contribution is 7.71. The van der Waals surface area contributed by atoms with Crippen LogP contribution in [-0.2, 0) is 0 Å². The van der Waals surface area contributed by atoms with E-state index in [1.165, 1.54) is 23.7 Å². The molecular weight excluding hydrogens is 266 g/mol. The molecule has 2 aromatic heterocycles. The number of hydrogen-bond donors (Lipinski definition) is 1. The number of aromatic nitrogens is 3. The molecule has 0 aliphatic heterocycles. The first kappa shape index (κ1) is 13.3. The van der Waals surface area contributed by atoms with E-state index in [4.69, 9.17) is 12.2 Å². The number of unbranched alkanes of at least 4 members (excludes halogenated alkanes) is 1. The minimum atomic E-state index is 0.405. The van der Waals surface area contributed by atoms with E-state index in [1.807, 2.05) is 18.3 Å². The van der Waals surface area contributed by atoms with Crippen LogP contribution >= 0.6 is 12.2 Å². The summed E-state index contributed by atoms with van der Waals surface area (Å²) in [4.78, 5) is 7.79. The third-order valence-electron chi connectivity index (χ3n) is 3.86. The maximum Gasteiger partial charge on any atom is 0.178 e. The monoisotopic (exact) mass is 285 g/mol. The van der Waals surface area contributed by atoms with Crippen LogP contribution in [-0.4, -0.2) is 14.5 Å². The Morgan fingerprint density at radius 3 is 2.95 bits per heavy atom. The maximum absolute atomic E-state index is 5.52. The summed E-state index contributed by atoms with van der Waals surface area (Å²) in [6.07, 6.45) is 5.46. The van der Waals surface area contributed by atoms with Crippen molar-refractivity contribution < 1.29 is 0 Å². The summed E-state index contributed by atoms with van der Waals surface area (Å²) in [5.41, 5.74) is 3.23. The topological polar surface area (TPSA) is 33.6 Å². The van der Waals surface area contributed by atoms with Crippen LogP contribution < -0.4 is 0 Å². The predicted octanol–water partition coefficient (Wildman–Crippen LogP) is 5.00. The number of aromatic amines is 1. The Labute approximate surface area is 123 Å². The molecule has 0 radical (unpaired) electrons. The fourth-order valence-electron chi connectivity index (χ4n) is 2.80. The Bertz CT molecular complexity index is 800. The maximum atomic E-state index is 5.52. The van der Waals surface area contributed by atoms with Gasteiger partial charge in [-0.3, -0.25) is 4.98 Å². The number of rotatable bonds is 4. The van der Waals surface area contributed by atoms with E-state index < -0.39 is 0 Å². The van der Waals surface area contributed by atoms with Gasteiger partial charge in [-0.1, -0.05) is 38.0 Å². The number of fused-ring (bicyclic) bond motifs is 3. The second-order valence-corrected chi connectivity index (χ2v) is 5.72. The van der Waals surface area contributed by atoms with Crippen LogP contribution in [0.5, 0.6) is 0 Å².